The SMILES string of the molecule is COC(=O)c1nc2ccc3ccc(C(F)(F)F)nc3c2o1. The number of methoxy groups -OCH3 is 1. The highest BCUT2D eigenvalue weighted by Crippen LogP contribution is 2.31. The second-order valence-corrected chi connectivity index (χ2v) is 4.19. The summed E-state index contributed by atoms with van der Waals surface area (Å²) in [6.07, 6.45) is -4.57. The van der Waals surface area contributed by atoms with Gasteiger partial charge in [0.1, 0.15) is 16.7 Å². The molecule has 0 atom stereocenters. The van der Waals surface area contributed by atoms with E-state index in [2.05, 4.69) is 14.7 Å². The van der Waals surface area contributed by atoms with Crippen molar-refractivity contribution < 1.29 is 27.1 Å². The Kier molecular flexibility index (Phi) is 2.82. The Morgan fingerprint density at radius 3 is 2.57 bits per heavy atom. The zero-order chi connectivity index (χ0) is 15.2. The molecule has 3 aromatic rings. The van der Waals surface area contributed by atoms with Crippen molar-refractivity contribution in [2.45, 2.75) is 6.18 Å². The van der Waals surface area contributed by atoms with E-state index in [1.165, 1.54) is 12.1 Å². The molecule has 0 radical (unpaired) electrons. The predicted octanol–water partition coefficient (Wildman–Crippen LogP) is 3.18. The number of carbonyl (C=O) groups excluding carboxylic acids is 1. The fourth-order valence-corrected chi connectivity index (χ4v) is 1.90. The standard InChI is InChI=1S/C13H7F3N2O3/c1-20-12(19)11-17-7-4-2-6-3-5-8(13(14,15)16)18-9(6)10(7)21-11/h2-5H,1H3. The highest BCUT2D eigenvalue weighted by molar-refractivity contribution is 6.01. The number of halogens is 3. The molecular weight excluding hydrogens is 289 g/mol. The Morgan fingerprint density at radius 1 is 1.19 bits per heavy atom. The summed E-state index contributed by atoms with van der Waals surface area (Å²) in [5, 5.41) is 0.447. The van der Waals surface area contributed by atoms with Gasteiger partial charge in [0.05, 0.1) is 7.11 Å². The van der Waals surface area contributed by atoms with Gasteiger partial charge in [0.2, 0.25) is 0 Å². The summed E-state index contributed by atoms with van der Waals surface area (Å²) in [6, 6.07) is 5.24. The monoisotopic (exact) mass is 296 g/mol. The maximum absolute atomic E-state index is 12.7. The molecule has 0 saturated heterocycles. The van der Waals surface area contributed by atoms with Crippen molar-refractivity contribution in [3.8, 4) is 0 Å². The first-order chi connectivity index (χ1) is 9.90. The molecule has 0 fully saturated rings. The molecule has 21 heavy (non-hydrogen) atoms. The molecule has 0 unspecified atom stereocenters. The van der Waals surface area contributed by atoms with Gasteiger partial charge >= 0.3 is 18.0 Å². The predicted molar refractivity (Wildman–Crippen MR) is 65.7 cm³/mol. The molecule has 3 rings (SSSR count). The maximum Gasteiger partial charge on any atom is 0.433 e. The molecule has 1 aromatic carbocycles. The van der Waals surface area contributed by atoms with E-state index in [0.29, 0.717) is 5.39 Å². The van der Waals surface area contributed by atoms with E-state index < -0.39 is 17.8 Å². The quantitative estimate of drug-likeness (QED) is 0.645. The van der Waals surface area contributed by atoms with Gasteiger partial charge in [-0.3, -0.25) is 0 Å². The van der Waals surface area contributed by atoms with Crippen molar-refractivity contribution in [2.24, 2.45) is 0 Å². The smallest absolute Gasteiger partial charge is 0.433 e. The van der Waals surface area contributed by atoms with Crippen molar-refractivity contribution >= 4 is 28.0 Å². The van der Waals surface area contributed by atoms with Gasteiger partial charge in [-0.1, -0.05) is 12.1 Å². The number of fused-ring (bicyclic) bond motifs is 3. The molecule has 0 spiro atoms. The lowest BCUT2D eigenvalue weighted by Gasteiger charge is -2.06. The molecule has 0 N–H and O–H groups in total. The van der Waals surface area contributed by atoms with E-state index in [-0.39, 0.29) is 22.5 Å². The van der Waals surface area contributed by atoms with Crippen LogP contribution in [0.5, 0.6) is 0 Å². The van der Waals surface area contributed by atoms with E-state index >= 15 is 0 Å². The van der Waals surface area contributed by atoms with Gasteiger partial charge in [0.15, 0.2) is 5.58 Å². The summed E-state index contributed by atoms with van der Waals surface area (Å²) in [7, 11) is 1.15. The number of hydrogen-bond acceptors (Lipinski definition) is 5. The third-order valence-corrected chi connectivity index (χ3v) is 2.87. The number of oxazole rings is 1. The molecular formula is C13H7F3N2O3. The zero-order valence-corrected chi connectivity index (χ0v) is 10.6. The van der Waals surface area contributed by atoms with Crippen molar-refractivity contribution in [3.05, 3.63) is 35.9 Å². The molecule has 2 heterocycles. The second kappa shape index (κ2) is 4.44. The van der Waals surface area contributed by atoms with Crippen LogP contribution in [0, 0.1) is 0 Å². The average molecular weight is 296 g/mol. The number of carbonyl (C=O) groups is 1. The number of pyridine rings is 1. The van der Waals surface area contributed by atoms with Gasteiger partial charge in [-0.2, -0.15) is 13.2 Å². The Hall–Kier alpha value is -2.64. The van der Waals surface area contributed by atoms with Crippen LogP contribution < -0.4 is 0 Å². The van der Waals surface area contributed by atoms with Crippen LogP contribution in [0.15, 0.2) is 28.7 Å². The van der Waals surface area contributed by atoms with Crippen LogP contribution in [0.1, 0.15) is 16.4 Å². The van der Waals surface area contributed by atoms with Gasteiger partial charge in [0, 0.05) is 5.39 Å². The number of rotatable bonds is 1. The molecule has 0 aliphatic heterocycles. The Morgan fingerprint density at radius 2 is 1.90 bits per heavy atom. The van der Waals surface area contributed by atoms with Gasteiger partial charge in [-0.15, -0.1) is 0 Å². The van der Waals surface area contributed by atoms with Crippen LogP contribution in [0.25, 0.3) is 22.0 Å². The van der Waals surface area contributed by atoms with E-state index in [1.54, 1.807) is 6.07 Å². The normalized spacial score (nSPS) is 12.0. The molecule has 0 aliphatic rings. The molecule has 0 saturated carbocycles. The first-order valence-electron chi connectivity index (χ1n) is 5.76. The van der Waals surface area contributed by atoms with Crippen LogP contribution in [0.3, 0.4) is 0 Å². The van der Waals surface area contributed by atoms with Crippen molar-refractivity contribution in [3.63, 3.8) is 0 Å². The third kappa shape index (κ3) is 2.18. The first-order valence-corrected chi connectivity index (χ1v) is 5.76. The summed E-state index contributed by atoms with van der Waals surface area (Å²) in [4.78, 5) is 18.8. The number of alkyl halides is 3. The minimum Gasteiger partial charge on any atom is -0.462 e. The minimum atomic E-state index is -4.57. The Balaban J connectivity index is 2.30. The molecule has 5 nitrogen and oxygen atoms in total. The summed E-state index contributed by atoms with van der Waals surface area (Å²) in [5.41, 5.74) is -0.808. The van der Waals surface area contributed by atoms with Crippen LogP contribution in [0.4, 0.5) is 13.2 Å². The Bertz CT molecular complexity index is 855. The molecule has 2 aromatic heterocycles. The Labute approximate surface area is 115 Å². The van der Waals surface area contributed by atoms with Gasteiger partial charge in [-0.05, 0) is 12.1 Å². The van der Waals surface area contributed by atoms with Crippen molar-refractivity contribution in [1.29, 1.82) is 0 Å². The largest absolute Gasteiger partial charge is 0.462 e. The number of nitrogens with zero attached hydrogens (tertiary/aromatic N) is 2. The van der Waals surface area contributed by atoms with Crippen LogP contribution in [0.2, 0.25) is 0 Å². The molecule has 8 heteroatoms. The number of hydrogen-bond donors (Lipinski definition) is 0. The van der Waals surface area contributed by atoms with E-state index in [9.17, 15) is 18.0 Å². The fraction of sp³-hybridized carbons (Fsp3) is 0.154. The molecule has 0 bridgehead atoms. The lowest BCUT2D eigenvalue weighted by Crippen LogP contribution is -2.07. The number of esters is 1. The molecule has 108 valence electrons. The topological polar surface area (TPSA) is 65.2 Å². The number of aromatic nitrogens is 2. The van der Waals surface area contributed by atoms with Gasteiger partial charge < -0.3 is 9.15 Å². The number of ether oxygens (including phenoxy) is 1. The van der Waals surface area contributed by atoms with E-state index in [1.807, 2.05) is 0 Å². The molecule has 0 amide bonds. The van der Waals surface area contributed by atoms with Gasteiger partial charge in [-0.25, -0.2) is 14.8 Å². The summed E-state index contributed by atoms with van der Waals surface area (Å²) >= 11 is 0. The minimum absolute atomic E-state index is 0.00928. The fourth-order valence-electron chi connectivity index (χ4n) is 1.90. The van der Waals surface area contributed by atoms with Crippen molar-refractivity contribution in [1.82, 2.24) is 9.97 Å². The van der Waals surface area contributed by atoms with Crippen LogP contribution >= 0.6 is 0 Å². The average Bonchev–Trinajstić information content (AvgIpc) is 2.89. The van der Waals surface area contributed by atoms with Crippen molar-refractivity contribution in [2.75, 3.05) is 7.11 Å². The highest BCUT2D eigenvalue weighted by atomic mass is 19.4. The second-order valence-electron chi connectivity index (χ2n) is 4.19. The zero-order valence-electron chi connectivity index (χ0n) is 10.6. The van der Waals surface area contributed by atoms with E-state index in [0.717, 1.165) is 13.2 Å². The summed E-state index contributed by atoms with van der Waals surface area (Å²) < 4.78 is 47.8. The third-order valence-electron chi connectivity index (χ3n) is 2.87. The lowest BCUT2D eigenvalue weighted by atomic mass is 10.2. The van der Waals surface area contributed by atoms with Crippen LogP contribution in [-0.4, -0.2) is 23.0 Å². The first kappa shape index (κ1) is 13.3. The summed E-state index contributed by atoms with van der Waals surface area (Å²) in [6.45, 7) is 0. The molecule has 0 aliphatic carbocycles. The lowest BCUT2D eigenvalue weighted by molar-refractivity contribution is -0.140. The van der Waals surface area contributed by atoms with E-state index in [4.69, 9.17) is 4.42 Å². The maximum atomic E-state index is 12.7. The van der Waals surface area contributed by atoms with Crippen LogP contribution in [-0.2, 0) is 10.9 Å². The van der Waals surface area contributed by atoms with Gasteiger partial charge in [0.25, 0.3) is 0 Å². The number of benzene rings is 1. The highest BCUT2D eigenvalue weighted by Gasteiger charge is 2.32. The summed E-state index contributed by atoms with van der Waals surface area (Å²) in [5.74, 6) is -1.15.